The van der Waals surface area contributed by atoms with Gasteiger partial charge in [0.1, 0.15) is 5.69 Å². The van der Waals surface area contributed by atoms with Crippen molar-refractivity contribution in [2.24, 2.45) is 0 Å². The SMILES string of the molecule is O=C(Nc1cc(C(F)(F)F)c[nH]c1=O)c1cnn(-c2cccc(Cl)c2)c1C(F)(F)F. The van der Waals surface area contributed by atoms with Crippen LogP contribution in [0.2, 0.25) is 5.02 Å². The number of halogens is 7. The Bertz CT molecular complexity index is 1170. The molecule has 13 heteroatoms. The summed E-state index contributed by atoms with van der Waals surface area (Å²) in [5.74, 6) is -1.47. The molecule has 0 bridgehead atoms. The second-order valence-corrected chi connectivity index (χ2v) is 6.32. The van der Waals surface area contributed by atoms with Crippen LogP contribution in [-0.4, -0.2) is 20.7 Å². The van der Waals surface area contributed by atoms with Crippen LogP contribution in [0.15, 0.2) is 47.5 Å². The van der Waals surface area contributed by atoms with E-state index in [4.69, 9.17) is 11.6 Å². The maximum atomic E-state index is 13.6. The van der Waals surface area contributed by atoms with Crippen LogP contribution in [0.4, 0.5) is 32.0 Å². The summed E-state index contributed by atoms with van der Waals surface area (Å²) < 4.78 is 79.7. The number of nitrogens with zero attached hydrogens (tertiary/aromatic N) is 2. The van der Waals surface area contributed by atoms with Gasteiger partial charge >= 0.3 is 12.4 Å². The first kappa shape index (κ1) is 21.4. The predicted molar refractivity (Wildman–Crippen MR) is 93.6 cm³/mol. The van der Waals surface area contributed by atoms with Gasteiger partial charge in [-0.2, -0.15) is 31.4 Å². The van der Waals surface area contributed by atoms with Gasteiger partial charge in [-0.1, -0.05) is 17.7 Å². The third-order valence-corrected chi connectivity index (χ3v) is 4.05. The molecule has 1 aromatic carbocycles. The van der Waals surface area contributed by atoms with Crippen LogP contribution >= 0.6 is 11.6 Å². The van der Waals surface area contributed by atoms with Gasteiger partial charge in [-0.05, 0) is 24.3 Å². The van der Waals surface area contributed by atoms with E-state index in [1.165, 1.54) is 24.3 Å². The molecule has 0 aliphatic rings. The number of pyridine rings is 1. The number of carbonyl (C=O) groups is 1. The third kappa shape index (κ3) is 4.32. The second kappa shape index (κ2) is 7.52. The summed E-state index contributed by atoms with van der Waals surface area (Å²) in [5.41, 5.74) is -5.91. The minimum Gasteiger partial charge on any atom is -0.327 e. The summed E-state index contributed by atoms with van der Waals surface area (Å²) in [4.78, 5) is 25.9. The van der Waals surface area contributed by atoms with Crippen LogP contribution in [-0.2, 0) is 12.4 Å². The third-order valence-electron chi connectivity index (χ3n) is 3.81. The number of rotatable bonds is 3. The van der Waals surface area contributed by atoms with Gasteiger partial charge in [-0.3, -0.25) is 9.59 Å². The number of aromatic amines is 1. The summed E-state index contributed by atoms with van der Waals surface area (Å²) in [5, 5.41) is 5.42. The topological polar surface area (TPSA) is 79.8 Å². The van der Waals surface area contributed by atoms with Gasteiger partial charge in [0.15, 0.2) is 5.69 Å². The Hall–Kier alpha value is -3.28. The average Bonchev–Trinajstić information content (AvgIpc) is 3.08. The molecular weight excluding hydrogens is 442 g/mol. The standard InChI is InChI=1S/C17H9ClF6N4O2/c18-9-2-1-3-10(5-9)28-13(17(22,23)24)11(7-26-28)14(29)27-12-4-8(16(19,20)21)6-25-15(12)30/h1-7H,(H,25,30)(H,27,29). The highest BCUT2D eigenvalue weighted by atomic mass is 35.5. The lowest BCUT2D eigenvalue weighted by Gasteiger charge is -2.13. The Morgan fingerprint density at radius 1 is 1.10 bits per heavy atom. The molecule has 6 nitrogen and oxygen atoms in total. The first-order valence-corrected chi connectivity index (χ1v) is 8.28. The van der Waals surface area contributed by atoms with E-state index in [-0.39, 0.29) is 10.7 Å². The lowest BCUT2D eigenvalue weighted by atomic mass is 10.2. The number of aromatic nitrogens is 3. The van der Waals surface area contributed by atoms with Gasteiger partial charge in [0, 0.05) is 11.2 Å². The highest BCUT2D eigenvalue weighted by Crippen LogP contribution is 2.34. The van der Waals surface area contributed by atoms with Crippen LogP contribution in [0.25, 0.3) is 5.69 Å². The number of H-pyrrole nitrogens is 1. The van der Waals surface area contributed by atoms with Gasteiger partial charge in [-0.15, -0.1) is 0 Å². The highest BCUT2D eigenvalue weighted by molar-refractivity contribution is 6.30. The molecule has 3 aromatic rings. The van der Waals surface area contributed by atoms with Crippen LogP contribution in [0.3, 0.4) is 0 Å². The molecule has 2 heterocycles. The number of amides is 1. The zero-order valence-electron chi connectivity index (χ0n) is 14.4. The second-order valence-electron chi connectivity index (χ2n) is 5.88. The van der Waals surface area contributed by atoms with E-state index in [2.05, 4.69) is 5.10 Å². The van der Waals surface area contributed by atoms with E-state index in [0.717, 1.165) is 0 Å². The molecule has 0 aliphatic heterocycles. The Morgan fingerprint density at radius 3 is 2.40 bits per heavy atom. The molecular formula is C17H9ClF6N4O2. The summed E-state index contributed by atoms with van der Waals surface area (Å²) in [7, 11) is 0. The number of carbonyl (C=O) groups excluding carboxylic acids is 1. The fourth-order valence-corrected chi connectivity index (χ4v) is 2.71. The van der Waals surface area contributed by atoms with Crippen molar-refractivity contribution in [2.45, 2.75) is 12.4 Å². The zero-order valence-corrected chi connectivity index (χ0v) is 15.2. The minimum atomic E-state index is -5.06. The fourth-order valence-electron chi connectivity index (χ4n) is 2.52. The van der Waals surface area contributed by atoms with Crippen LogP contribution in [0.5, 0.6) is 0 Å². The molecule has 0 radical (unpaired) electrons. The van der Waals surface area contributed by atoms with Crippen LogP contribution in [0, 0.1) is 0 Å². The van der Waals surface area contributed by atoms with E-state index in [1.807, 2.05) is 0 Å². The van der Waals surface area contributed by atoms with Crippen molar-refractivity contribution < 1.29 is 31.1 Å². The first-order valence-electron chi connectivity index (χ1n) is 7.90. The van der Waals surface area contributed by atoms with Gasteiger partial charge in [0.05, 0.1) is 23.0 Å². The normalized spacial score (nSPS) is 12.1. The lowest BCUT2D eigenvalue weighted by Crippen LogP contribution is -2.24. The molecule has 0 aliphatic carbocycles. The van der Waals surface area contributed by atoms with Crippen molar-refractivity contribution >= 4 is 23.2 Å². The molecule has 0 spiro atoms. The number of benzene rings is 1. The van der Waals surface area contributed by atoms with E-state index < -0.39 is 46.3 Å². The molecule has 2 aromatic heterocycles. The molecule has 3 rings (SSSR count). The van der Waals surface area contributed by atoms with Crippen molar-refractivity contribution in [1.29, 1.82) is 0 Å². The number of hydrogen-bond acceptors (Lipinski definition) is 3. The number of nitrogens with one attached hydrogen (secondary N) is 2. The molecule has 0 atom stereocenters. The van der Waals surface area contributed by atoms with Gasteiger partial charge in [0.2, 0.25) is 0 Å². The summed E-state index contributed by atoms with van der Waals surface area (Å²) in [6.07, 6.45) is -8.96. The van der Waals surface area contributed by atoms with Crippen LogP contribution in [0.1, 0.15) is 21.6 Å². The molecule has 0 unspecified atom stereocenters. The Kier molecular flexibility index (Phi) is 5.37. The van der Waals surface area contributed by atoms with Gasteiger partial charge < -0.3 is 10.3 Å². The number of hydrogen-bond donors (Lipinski definition) is 2. The van der Waals surface area contributed by atoms with E-state index in [9.17, 15) is 35.9 Å². The summed E-state index contributed by atoms with van der Waals surface area (Å²) in [6.45, 7) is 0. The molecule has 1 amide bonds. The summed E-state index contributed by atoms with van der Waals surface area (Å²) >= 11 is 5.78. The van der Waals surface area contributed by atoms with Crippen molar-refractivity contribution in [3.63, 3.8) is 0 Å². The molecule has 0 fully saturated rings. The van der Waals surface area contributed by atoms with Crippen molar-refractivity contribution in [3.05, 3.63) is 74.9 Å². The van der Waals surface area contributed by atoms with E-state index in [0.29, 0.717) is 23.1 Å². The fraction of sp³-hybridized carbons (Fsp3) is 0.118. The molecule has 30 heavy (non-hydrogen) atoms. The summed E-state index contributed by atoms with van der Waals surface area (Å²) in [6, 6.07) is 5.51. The van der Waals surface area contributed by atoms with E-state index in [1.54, 1.807) is 10.3 Å². The van der Waals surface area contributed by atoms with Crippen molar-refractivity contribution in [1.82, 2.24) is 14.8 Å². The Balaban J connectivity index is 2.05. The number of anilines is 1. The van der Waals surface area contributed by atoms with E-state index >= 15 is 0 Å². The predicted octanol–water partition coefficient (Wildman–Crippen LogP) is 4.50. The van der Waals surface area contributed by atoms with Crippen LogP contribution < -0.4 is 10.9 Å². The highest BCUT2D eigenvalue weighted by Gasteiger charge is 2.41. The quantitative estimate of drug-likeness (QED) is 0.576. The van der Waals surface area contributed by atoms with Crippen molar-refractivity contribution in [2.75, 3.05) is 5.32 Å². The minimum absolute atomic E-state index is 0.106. The average molecular weight is 451 g/mol. The molecule has 0 saturated carbocycles. The van der Waals surface area contributed by atoms with Gasteiger partial charge in [0.25, 0.3) is 11.5 Å². The maximum Gasteiger partial charge on any atom is 0.434 e. The monoisotopic (exact) mass is 450 g/mol. The zero-order chi connectivity index (χ0) is 22.3. The number of alkyl halides is 6. The Labute approximate surface area is 168 Å². The molecule has 0 saturated heterocycles. The Morgan fingerprint density at radius 2 is 1.80 bits per heavy atom. The smallest absolute Gasteiger partial charge is 0.327 e. The van der Waals surface area contributed by atoms with Gasteiger partial charge in [-0.25, -0.2) is 4.68 Å². The maximum absolute atomic E-state index is 13.6. The lowest BCUT2D eigenvalue weighted by molar-refractivity contribution is -0.143. The largest absolute Gasteiger partial charge is 0.434 e. The van der Waals surface area contributed by atoms with Crippen molar-refractivity contribution in [3.8, 4) is 5.69 Å². The molecule has 2 N–H and O–H groups in total. The molecule has 158 valence electrons. The first-order chi connectivity index (χ1) is 13.9.